The monoisotopic (exact) mass is 451 g/mol. The Balaban J connectivity index is 0.000000575. The van der Waals surface area contributed by atoms with Gasteiger partial charge < -0.3 is 34.0 Å². The molecule has 162 valence electrons. The Hall–Kier alpha value is -2.49. The number of aryl methyl sites for hydroxylation is 1. The molecular weight excluding hydrogens is 431 g/mol. The molecule has 0 bridgehead atoms. The molecule has 2 heterocycles. The van der Waals surface area contributed by atoms with Gasteiger partial charge >= 0.3 is 5.97 Å². The van der Waals surface area contributed by atoms with E-state index < -0.39 is 13.8 Å². The number of esters is 1. The lowest BCUT2D eigenvalue weighted by Crippen LogP contribution is -2.24. The summed E-state index contributed by atoms with van der Waals surface area (Å²) in [4.78, 5) is 42.5. The number of pyridine rings is 1. The molecule has 1 N–H and O–H groups in total. The number of rotatable bonds is 6. The first-order valence-electron chi connectivity index (χ1n) is 8.91. The standard InChI is InChI=1S/C19H20N2O3S.H3O4P/c1-4-23-15-8-6-7-13-16(21-18-12(3)9-10-25-18)14(11-20-17(13)15)19(22)24-5-2;1-5(2,3)4/h6-11H,4-5H2,1-3H3,(H,20,21);(H3,1,2,3,4)/p-3. The molecule has 30 heavy (non-hydrogen) atoms. The summed E-state index contributed by atoms with van der Waals surface area (Å²) in [5.41, 5.74) is 2.94. The van der Waals surface area contributed by atoms with Gasteiger partial charge in [0.1, 0.15) is 16.8 Å². The minimum Gasteiger partial charge on any atom is -0.822 e. The Morgan fingerprint density at radius 3 is 2.47 bits per heavy atom. The summed E-state index contributed by atoms with van der Waals surface area (Å²) in [5, 5.41) is 7.21. The topological polar surface area (TPSA) is 147 Å². The van der Waals surface area contributed by atoms with Gasteiger partial charge in [-0.1, -0.05) is 12.1 Å². The number of carbonyl (C=O) groups excluding carboxylic acids is 1. The normalized spacial score (nSPS) is 10.9. The second-order valence-electron chi connectivity index (χ2n) is 5.86. The first-order valence-corrected chi connectivity index (χ1v) is 11.3. The zero-order valence-electron chi connectivity index (χ0n) is 16.5. The van der Waals surface area contributed by atoms with Crippen LogP contribution in [0, 0.1) is 6.92 Å². The Kier molecular flexibility index (Phi) is 8.33. The lowest BCUT2D eigenvalue weighted by Gasteiger charge is -2.36. The number of ether oxygens (including phenoxy) is 2. The Bertz CT molecular complexity index is 1060. The fourth-order valence-electron chi connectivity index (χ4n) is 2.58. The second-order valence-corrected chi connectivity index (χ2v) is 7.67. The van der Waals surface area contributed by atoms with Crippen LogP contribution in [0.15, 0.2) is 35.8 Å². The number of para-hydroxylation sites is 1. The van der Waals surface area contributed by atoms with Gasteiger partial charge in [-0.2, -0.15) is 7.82 Å². The lowest BCUT2D eigenvalue weighted by atomic mass is 10.1. The van der Waals surface area contributed by atoms with Gasteiger partial charge in [0.2, 0.25) is 0 Å². The minimum absolute atomic E-state index is 0.313. The zero-order valence-corrected chi connectivity index (χ0v) is 18.2. The number of nitrogens with zero attached hydrogens (tertiary/aromatic N) is 1. The molecule has 0 aliphatic rings. The van der Waals surface area contributed by atoms with Crippen LogP contribution in [0.2, 0.25) is 0 Å². The van der Waals surface area contributed by atoms with Crippen molar-refractivity contribution in [1.82, 2.24) is 4.98 Å². The van der Waals surface area contributed by atoms with E-state index in [0.717, 1.165) is 16.0 Å². The van der Waals surface area contributed by atoms with Crippen molar-refractivity contribution in [3.05, 3.63) is 47.0 Å². The molecule has 0 amide bonds. The number of nitrogens with one attached hydrogen (secondary N) is 1. The van der Waals surface area contributed by atoms with Crippen LogP contribution in [0.1, 0.15) is 29.8 Å². The maximum absolute atomic E-state index is 12.4. The van der Waals surface area contributed by atoms with E-state index in [1.165, 1.54) is 0 Å². The van der Waals surface area contributed by atoms with E-state index in [9.17, 15) is 4.79 Å². The predicted octanol–water partition coefficient (Wildman–Crippen LogP) is 2.10. The Morgan fingerprint density at radius 1 is 1.20 bits per heavy atom. The maximum Gasteiger partial charge on any atom is 0.341 e. The molecule has 0 atom stereocenters. The van der Waals surface area contributed by atoms with Crippen molar-refractivity contribution in [1.29, 1.82) is 0 Å². The minimum atomic E-state index is -5.39. The molecule has 3 aromatic rings. The smallest absolute Gasteiger partial charge is 0.341 e. The molecule has 0 unspecified atom stereocenters. The fraction of sp³-hybridized carbons (Fsp3) is 0.263. The molecule has 11 heteroatoms. The average molecular weight is 451 g/mol. The van der Waals surface area contributed by atoms with Crippen molar-refractivity contribution < 1.29 is 33.5 Å². The molecule has 0 fully saturated rings. The number of aromatic nitrogens is 1. The number of anilines is 2. The number of carbonyl (C=O) groups is 1. The number of hydrogen-bond donors (Lipinski definition) is 1. The van der Waals surface area contributed by atoms with Crippen LogP contribution >= 0.6 is 19.2 Å². The summed E-state index contributed by atoms with van der Waals surface area (Å²) in [6.07, 6.45) is 1.55. The third-order valence-corrected chi connectivity index (χ3v) is 4.69. The van der Waals surface area contributed by atoms with Crippen LogP contribution in [0.25, 0.3) is 10.9 Å². The van der Waals surface area contributed by atoms with E-state index >= 15 is 0 Å². The number of benzene rings is 1. The van der Waals surface area contributed by atoms with Crippen molar-refractivity contribution in [2.45, 2.75) is 20.8 Å². The van der Waals surface area contributed by atoms with Crippen molar-refractivity contribution in [2.75, 3.05) is 18.5 Å². The highest BCUT2D eigenvalue weighted by molar-refractivity contribution is 7.40. The largest absolute Gasteiger partial charge is 0.822 e. The van der Waals surface area contributed by atoms with Crippen LogP contribution < -0.4 is 24.7 Å². The van der Waals surface area contributed by atoms with Gasteiger partial charge in [-0.05, 0) is 43.8 Å². The van der Waals surface area contributed by atoms with E-state index in [2.05, 4.69) is 10.3 Å². The number of thiophene rings is 1. The molecule has 0 spiro atoms. The summed E-state index contributed by atoms with van der Waals surface area (Å²) in [7, 11) is -5.39. The molecule has 0 aliphatic heterocycles. The van der Waals surface area contributed by atoms with Crippen molar-refractivity contribution in [3.63, 3.8) is 0 Å². The Morgan fingerprint density at radius 2 is 1.90 bits per heavy atom. The van der Waals surface area contributed by atoms with Crippen LogP contribution in [0.3, 0.4) is 0 Å². The number of phosphoric acid groups is 1. The van der Waals surface area contributed by atoms with Crippen LogP contribution in [0.4, 0.5) is 10.7 Å². The van der Waals surface area contributed by atoms with E-state index in [0.29, 0.717) is 35.7 Å². The molecule has 0 saturated carbocycles. The number of hydrogen-bond acceptors (Lipinski definition) is 10. The highest BCUT2D eigenvalue weighted by Crippen LogP contribution is 2.36. The fourth-order valence-corrected chi connectivity index (χ4v) is 3.40. The Labute approximate surface area is 177 Å². The number of fused-ring (bicyclic) bond motifs is 1. The van der Waals surface area contributed by atoms with Gasteiger partial charge in [-0.3, -0.25) is 4.98 Å². The summed E-state index contributed by atoms with van der Waals surface area (Å²) >= 11 is 1.59. The van der Waals surface area contributed by atoms with Gasteiger partial charge in [-0.25, -0.2) is 4.79 Å². The molecule has 0 saturated heterocycles. The van der Waals surface area contributed by atoms with Crippen LogP contribution in [-0.2, 0) is 9.30 Å². The van der Waals surface area contributed by atoms with Gasteiger partial charge in [0.25, 0.3) is 0 Å². The van der Waals surface area contributed by atoms with Gasteiger partial charge in [-0.15, -0.1) is 11.3 Å². The summed E-state index contributed by atoms with van der Waals surface area (Å²) < 4.78 is 19.4. The van der Waals surface area contributed by atoms with E-state index in [1.54, 1.807) is 24.5 Å². The zero-order chi connectivity index (χ0) is 22.3. The SMILES string of the molecule is CCOC(=O)c1cnc2c(OCC)cccc2c1Nc1sccc1C.O=P([O-])([O-])[O-]. The van der Waals surface area contributed by atoms with Crippen molar-refractivity contribution in [3.8, 4) is 5.75 Å². The molecular formula is C19H20N2O7PS-3. The first-order chi connectivity index (χ1) is 14.2. The van der Waals surface area contributed by atoms with Crippen molar-refractivity contribution >= 4 is 46.7 Å². The summed E-state index contributed by atoms with van der Waals surface area (Å²) in [6.45, 7) is 6.61. The molecule has 0 aliphatic carbocycles. The predicted molar refractivity (Wildman–Crippen MR) is 109 cm³/mol. The third-order valence-electron chi connectivity index (χ3n) is 3.76. The maximum atomic E-state index is 12.4. The van der Waals surface area contributed by atoms with Crippen LogP contribution in [-0.4, -0.2) is 24.2 Å². The molecule has 3 rings (SSSR count). The van der Waals surface area contributed by atoms with Gasteiger partial charge in [0.15, 0.2) is 0 Å². The van der Waals surface area contributed by atoms with Crippen molar-refractivity contribution in [2.24, 2.45) is 0 Å². The third kappa shape index (κ3) is 6.51. The van der Waals surface area contributed by atoms with Gasteiger partial charge in [0.05, 0.1) is 23.9 Å². The first kappa shape index (κ1) is 23.8. The highest BCUT2D eigenvalue weighted by atomic mass is 32.1. The lowest BCUT2D eigenvalue weighted by molar-refractivity contribution is -0.432. The van der Waals surface area contributed by atoms with E-state index in [4.69, 9.17) is 28.7 Å². The highest BCUT2D eigenvalue weighted by Gasteiger charge is 2.19. The van der Waals surface area contributed by atoms with E-state index in [1.807, 2.05) is 43.5 Å². The average Bonchev–Trinajstić information content (AvgIpc) is 3.06. The quantitative estimate of drug-likeness (QED) is 0.439. The second kappa shape index (κ2) is 10.5. The molecule has 2 aromatic heterocycles. The molecule has 1 aromatic carbocycles. The van der Waals surface area contributed by atoms with E-state index in [-0.39, 0.29) is 0 Å². The summed E-state index contributed by atoms with van der Waals surface area (Å²) in [6, 6.07) is 7.74. The van der Waals surface area contributed by atoms with Gasteiger partial charge in [0, 0.05) is 11.6 Å². The summed E-state index contributed by atoms with van der Waals surface area (Å²) in [5.74, 6) is 0.303. The molecule has 9 nitrogen and oxygen atoms in total. The molecule has 0 radical (unpaired) electrons. The van der Waals surface area contributed by atoms with Crippen LogP contribution in [0.5, 0.6) is 5.75 Å².